The molecule has 6 heteroatoms. The van der Waals surface area contributed by atoms with Crippen LogP contribution in [0.4, 0.5) is 0 Å². The van der Waals surface area contributed by atoms with Crippen molar-refractivity contribution in [2.24, 2.45) is 0 Å². The number of fused-ring (bicyclic) bond motifs is 1. The average molecular weight is 355 g/mol. The Morgan fingerprint density at radius 3 is 2.75 bits per heavy atom. The summed E-state index contributed by atoms with van der Waals surface area (Å²) in [6.07, 6.45) is 0.987. The van der Waals surface area contributed by atoms with E-state index in [0.29, 0.717) is 10.8 Å². The van der Waals surface area contributed by atoms with Crippen molar-refractivity contribution in [3.63, 3.8) is 0 Å². The molecule has 1 saturated heterocycles. The van der Waals surface area contributed by atoms with E-state index in [9.17, 15) is 4.79 Å². The predicted octanol–water partition coefficient (Wildman–Crippen LogP) is 4.01. The van der Waals surface area contributed by atoms with E-state index >= 15 is 0 Å². The molecule has 0 aliphatic carbocycles. The first-order valence-electron chi connectivity index (χ1n) is 7.99. The maximum Gasteiger partial charge on any atom is 0.253 e. The molecule has 122 valence electrons. The van der Waals surface area contributed by atoms with Crippen LogP contribution in [0, 0.1) is 0 Å². The molecule has 4 nitrogen and oxygen atoms in total. The van der Waals surface area contributed by atoms with Crippen molar-refractivity contribution in [2.45, 2.75) is 11.7 Å². The number of carbonyl (C=O) groups excluding carboxylic acids is 1. The molecule has 0 radical (unpaired) electrons. The second kappa shape index (κ2) is 6.91. The van der Waals surface area contributed by atoms with Gasteiger partial charge in [0.25, 0.3) is 5.91 Å². The molecule has 1 aromatic heterocycles. The van der Waals surface area contributed by atoms with E-state index in [2.05, 4.69) is 33.0 Å². The highest BCUT2D eigenvalue weighted by molar-refractivity contribution is 7.99. The van der Waals surface area contributed by atoms with E-state index in [-0.39, 0.29) is 5.91 Å². The van der Waals surface area contributed by atoms with E-state index in [1.54, 1.807) is 0 Å². The third-order valence-electron chi connectivity index (χ3n) is 4.30. The molecule has 0 saturated carbocycles. The summed E-state index contributed by atoms with van der Waals surface area (Å²) in [6.45, 7) is 1.58. The van der Waals surface area contributed by atoms with Crippen LogP contribution in [0.5, 0.6) is 0 Å². The predicted molar refractivity (Wildman–Crippen MR) is 99.6 cm³/mol. The first-order chi connectivity index (χ1) is 11.8. The number of benzene rings is 2. The Labute approximate surface area is 149 Å². The quantitative estimate of drug-likeness (QED) is 0.697. The standard InChI is InChI=1S/C18H17N3OS2/c22-18(14-6-7-15-16(12-14)20-24-19-15)21-9-8-17(23-11-10-21)13-4-2-1-3-5-13/h1-7,12,17H,8-11H2/t17-/m0/s1. The number of carbonyl (C=O) groups is 1. The summed E-state index contributed by atoms with van der Waals surface area (Å²) < 4.78 is 8.43. The Hall–Kier alpha value is -1.92. The number of amides is 1. The van der Waals surface area contributed by atoms with Crippen molar-refractivity contribution >= 4 is 40.4 Å². The van der Waals surface area contributed by atoms with Crippen molar-refractivity contribution in [3.05, 3.63) is 59.7 Å². The monoisotopic (exact) mass is 355 g/mol. The van der Waals surface area contributed by atoms with Crippen LogP contribution >= 0.6 is 23.5 Å². The van der Waals surface area contributed by atoms with E-state index < -0.39 is 0 Å². The van der Waals surface area contributed by atoms with Gasteiger partial charge in [-0.2, -0.15) is 20.5 Å². The summed E-state index contributed by atoms with van der Waals surface area (Å²) >= 11 is 3.12. The molecule has 2 heterocycles. The van der Waals surface area contributed by atoms with Gasteiger partial charge in [0.05, 0.1) is 11.7 Å². The number of aromatic nitrogens is 2. The molecular weight excluding hydrogens is 338 g/mol. The maximum absolute atomic E-state index is 12.8. The summed E-state index contributed by atoms with van der Waals surface area (Å²) in [5.74, 6) is 1.06. The van der Waals surface area contributed by atoms with Gasteiger partial charge in [-0.1, -0.05) is 30.3 Å². The molecule has 0 N–H and O–H groups in total. The molecule has 1 aliphatic heterocycles. The molecule has 1 aliphatic rings. The molecule has 0 bridgehead atoms. The largest absolute Gasteiger partial charge is 0.338 e. The van der Waals surface area contributed by atoms with Gasteiger partial charge < -0.3 is 4.90 Å². The van der Waals surface area contributed by atoms with Crippen LogP contribution in [0.15, 0.2) is 48.5 Å². The summed E-state index contributed by atoms with van der Waals surface area (Å²) in [4.78, 5) is 14.8. The zero-order chi connectivity index (χ0) is 16.4. The van der Waals surface area contributed by atoms with Gasteiger partial charge in [-0.3, -0.25) is 4.79 Å². The number of rotatable bonds is 2. The maximum atomic E-state index is 12.8. The van der Waals surface area contributed by atoms with Gasteiger partial charge >= 0.3 is 0 Å². The zero-order valence-corrected chi connectivity index (χ0v) is 14.7. The summed E-state index contributed by atoms with van der Waals surface area (Å²) in [5, 5.41) is 0.467. The summed E-state index contributed by atoms with van der Waals surface area (Å²) in [7, 11) is 0. The molecule has 0 unspecified atom stereocenters. The van der Waals surface area contributed by atoms with Crippen molar-refractivity contribution in [1.29, 1.82) is 0 Å². The fourth-order valence-corrected chi connectivity index (χ4v) is 4.75. The number of hydrogen-bond donors (Lipinski definition) is 0. The van der Waals surface area contributed by atoms with Crippen LogP contribution in [0.2, 0.25) is 0 Å². The second-order valence-electron chi connectivity index (χ2n) is 5.82. The molecule has 0 spiro atoms. The molecule has 1 amide bonds. The van der Waals surface area contributed by atoms with Crippen LogP contribution in [0.25, 0.3) is 11.0 Å². The smallest absolute Gasteiger partial charge is 0.253 e. The average Bonchev–Trinajstić information content (AvgIpc) is 2.96. The van der Waals surface area contributed by atoms with Crippen molar-refractivity contribution in [1.82, 2.24) is 13.6 Å². The Morgan fingerprint density at radius 1 is 1.04 bits per heavy atom. The molecule has 1 fully saturated rings. The van der Waals surface area contributed by atoms with Crippen LogP contribution < -0.4 is 0 Å². The Kier molecular flexibility index (Phi) is 4.49. The van der Waals surface area contributed by atoms with Gasteiger partial charge in [-0.25, -0.2) is 0 Å². The lowest BCUT2D eigenvalue weighted by Gasteiger charge is -2.20. The normalized spacial score (nSPS) is 18.5. The van der Waals surface area contributed by atoms with Gasteiger partial charge in [0, 0.05) is 29.7 Å². The minimum Gasteiger partial charge on any atom is -0.338 e. The third kappa shape index (κ3) is 3.16. The Balaban J connectivity index is 1.49. The van der Waals surface area contributed by atoms with Gasteiger partial charge in [0.15, 0.2) is 0 Å². The SMILES string of the molecule is O=C(c1ccc2nsnc2c1)N1CCS[C@H](c2ccccc2)CC1. The number of hydrogen-bond acceptors (Lipinski definition) is 5. The van der Waals surface area contributed by atoms with Crippen LogP contribution in [0.3, 0.4) is 0 Å². The van der Waals surface area contributed by atoms with Gasteiger partial charge in [0.1, 0.15) is 11.0 Å². The van der Waals surface area contributed by atoms with Gasteiger partial charge in [-0.05, 0) is 30.2 Å². The first kappa shape index (κ1) is 15.6. The summed E-state index contributed by atoms with van der Waals surface area (Å²) in [6, 6.07) is 16.2. The Morgan fingerprint density at radius 2 is 1.88 bits per heavy atom. The lowest BCUT2D eigenvalue weighted by molar-refractivity contribution is 0.0766. The first-order valence-corrected chi connectivity index (χ1v) is 9.77. The molecule has 3 aromatic rings. The third-order valence-corrected chi connectivity index (χ3v) is 6.19. The van der Waals surface area contributed by atoms with Gasteiger partial charge in [0.2, 0.25) is 0 Å². The lowest BCUT2D eigenvalue weighted by atomic mass is 10.1. The fourth-order valence-electron chi connectivity index (χ4n) is 3.00. The highest BCUT2D eigenvalue weighted by atomic mass is 32.2. The summed E-state index contributed by atoms with van der Waals surface area (Å²) in [5.41, 5.74) is 3.72. The second-order valence-corrected chi connectivity index (χ2v) is 7.66. The van der Waals surface area contributed by atoms with Crippen molar-refractivity contribution < 1.29 is 4.79 Å². The zero-order valence-electron chi connectivity index (χ0n) is 13.1. The minimum absolute atomic E-state index is 0.0965. The van der Waals surface area contributed by atoms with Crippen LogP contribution in [-0.2, 0) is 0 Å². The molecular formula is C18H17N3OS2. The van der Waals surface area contributed by atoms with Crippen molar-refractivity contribution in [3.8, 4) is 0 Å². The van der Waals surface area contributed by atoms with E-state index in [4.69, 9.17) is 0 Å². The molecule has 2 aromatic carbocycles. The van der Waals surface area contributed by atoms with Crippen molar-refractivity contribution in [2.75, 3.05) is 18.8 Å². The molecule has 4 rings (SSSR count). The van der Waals surface area contributed by atoms with Crippen LogP contribution in [0.1, 0.15) is 27.6 Å². The Bertz CT molecular complexity index is 850. The number of nitrogens with zero attached hydrogens (tertiary/aromatic N) is 3. The van der Waals surface area contributed by atoms with Crippen LogP contribution in [-0.4, -0.2) is 38.4 Å². The van der Waals surface area contributed by atoms with E-state index in [0.717, 1.165) is 36.3 Å². The highest BCUT2D eigenvalue weighted by Gasteiger charge is 2.23. The highest BCUT2D eigenvalue weighted by Crippen LogP contribution is 2.34. The molecule has 24 heavy (non-hydrogen) atoms. The topological polar surface area (TPSA) is 46.1 Å². The minimum atomic E-state index is 0.0965. The molecule has 1 atom stereocenters. The van der Waals surface area contributed by atoms with E-state index in [1.165, 1.54) is 17.3 Å². The number of thioether (sulfide) groups is 1. The fraction of sp³-hybridized carbons (Fsp3) is 0.278. The van der Waals surface area contributed by atoms with Gasteiger partial charge in [-0.15, -0.1) is 0 Å². The van der Waals surface area contributed by atoms with E-state index in [1.807, 2.05) is 40.9 Å². The lowest BCUT2D eigenvalue weighted by Crippen LogP contribution is -2.32.